The maximum atomic E-state index is 12.7. The van der Waals surface area contributed by atoms with Gasteiger partial charge < -0.3 is 9.47 Å². The Morgan fingerprint density at radius 1 is 1.33 bits per heavy atom. The lowest BCUT2D eigenvalue weighted by Crippen LogP contribution is -2.50. The maximum Gasteiger partial charge on any atom is 0.418 e. The van der Waals surface area contributed by atoms with Gasteiger partial charge in [-0.05, 0) is 26.3 Å². The third-order valence-electron chi connectivity index (χ3n) is 3.92. The SMILES string of the molecule is COC(=O)N1C(=O)N=C(C)C(C(=O)OC(C)C)[C@@H]1c1cccc([N+](=O)[O-])c1. The number of urea groups is 1. The molecule has 1 aliphatic rings. The van der Waals surface area contributed by atoms with E-state index in [4.69, 9.17) is 4.74 Å². The van der Waals surface area contributed by atoms with Crippen molar-refractivity contribution in [2.24, 2.45) is 10.9 Å². The zero-order chi connectivity index (χ0) is 20.3. The summed E-state index contributed by atoms with van der Waals surface area (Å²) in [6, 6.07) is 3.23. The summed E-state index contributed by atoms with van der Waals surface area (Å²) in [7, 11) is 1.08. The van der Waals surface area contributed by atoms with Crippen molar-refractivity contribution in [2.45, 2.75) is 32.9 Å². The Kier molecular flexibility index (Phi) is 5.88. The monoisotopic (exact) mass is 377 g/mol. The molecular formula is C17H19N3O7. The van der Waals surface area contributed by atoms with Gasteiger partial charge >= 0.3 is 18.1 Å². The van der Waals surface area contributed by atoms with Gasteiger partial charge in [0.25, 0.3) is 5.69 Å². The molecule has 10 heteroatoms. The van der Waals surface area contributed by atoms with Crippen molar-refractivity contribution in [1.82, 2.24) is 4.90 Å². The van der Waals surface area contributed by atoms with Gasteiger partial charge in [-0.25, -0.2) is 19.5 Å². The predicted molar refractivity (Wildman–Crippen MR) is 93.3 cm³/mol. The summed E-state index contributed by atoms with van der Waals surface area (Å²) >= 11 is 0. The van der Waals surface area contributed by atoms with Crippen LogP contribution < -0.4 is 0 Å². The molecule has 0 bridgehead atoms. The van der Waals surface area contributed by atoms with Crippen molar-refractivity contribution in [1.29, 1.82) is 0 Å². The first kappa shape index (κ1) is 20.0. The van der Waals surface area contributed by atoms with Crippen LogP contribution in [0.5, 0.6) is 0 Å². The number of benzene rings is 1. The molecule has 0 fully saturated rings. The number of amides is 3. The Balaban J connectivity index is 2.64. The van der Waals surface area contributed by atoms with Gasteiger partial charge in [0.1, 0.15) is 5.92 Å². The second kappa shape index (κ2) is 7.94. The molecule has 0 saturated carbocycles. The molecule has 1 heterocycles. The van der Waals surface area contributed by atoms with Crippen LogP contribution in [0.2, 0.25) is 0 Å². The normalized spacial score (nSPS) is 19.5. The highest BCUT2D eigenvalue weighted by atomic mass is 16.6. The molecule has 0 aliphatic carbocycles. The van der Waals surface area contributed by atoms with Crippen LogP contribution in [0.15, 0.2) is 29.3 Å². The third-order valence-corrected chi connectivity index (χ3v) is 3.92. The molecule has 1 unspecified atom stereocenters. The smallest absolute Gasteiger partial charge is 0.418 e. The Labute approximate surface area is 154 Å². The molecule has 1 aromatic carbocycles. The number of hydrogen-bond donors (Lipinski definition) is 0. The molecule has 1 aliphatic heterocycles. The van der Waals surface area contributed by atoms with E-state index in [0.717, 1.165) is 7.11 Å². The first-order valence-electron chi connectivity index (χ1n) is 8.08. The van der Waals surface area contributed by atoms with Crippen molar-refractivity contribution in [2.75, 3.05) is 7.11 Å². The van der Waals surface area contributed by atoms with Gasteiger partial charge in [-0.15, -0.1) is 0 Å². The minimum Gasteiger partial charge on any atom is -0.462 e. The molecule has 0 spiro atoms. The maximum absolute atomic E-state index is 12.7. The van der Waals surface area contributed by atoms with Gasteiger partial charge in [-0.1, -0.05) is 12.1 Å². The van der Waals surface area contributed by atoms with E-state index in [0.29, 0.717) is 4.90 Å². The standard InChI is InChI=1S/C17H19N3O7/c1-9(2)27-15(21)13-10(3)18-16(22)19(17(23)26-4)14(13)11-6-5-7-12(8-11)20(24)25/h5-9,13-14H,1-4H3/t13?,14-/m0/s1. The molecule has 3 amide bonds. The number of nitro groups is 1. The number of hydrogen-bond acceptors (Lipinski definition) is 7. The summed E-state index contributed by atoms with van der Waals surface area (Å²) in [5.74, 6) is -1.82. The number of nitro benzene ring substituents is 1. The van der Waals surface area contributed by atoms with Crippen LogP contribution in [-0.2, 0) is 14.3 Å². The average Bonchev–Trinajstić information content (AvgIpc) is 2.59. The van der Waals surface area contributed by atoms with Crippen molar-refractivity contribution < 1.29 is 28.8 Å². The van der Waals surface area contributed by atoms with E-state index >= 15 is 0 Å². The lowest BCUT2D eigenvalue weighted by atomic mass is 9.87. The van der Waals surface area contributed by atoms with Crippen LogP contribution in [0.25, 0.3) is 0 Å². The van der Waals surface area contributed by atoms with Gasteiger partial charge in [0.05, 0.1) is 24.2 Å². The zero-order valence-electron chi connectivity index (χ0n) is 15.2. The number of esters is 1. The van der Waals surface area contributed by atoms with Gasteiger partial charge in [0.15, 0.2) is 0 Å². The number of carbonyl (C=O) groups is 3. The summed E-state index contributed by atoms with van der Waals surface area (Å²) in [5, 5.41) is 11.1. The molecule has 1 aromatic rings. The Morgan fingerprint density at radius 2 is 2.00 bits per heavy atom. The van der Waals surface area contributed by atoms with Crippen molar-refractivity contribution in [3.8, 4) is 0 Å². The van der Waals surface area contributed by atoms with E-state index in [1.54, 1.807) is 13.8 Å². The second-order valence-corrected chi connectivity index (χ2v) is 6.14. The number of rotatable bonds is 4. The molecule has 0 aromatic heterocycles. The summed E-state index contributed by atoms with van der Waals surface area (Å²) in [6.07, 6.45) is -1.48. The Hall–Kier alpha value is -3.30. The van der Waals surface area contributed by atoms with Crippen LogP contribution in [0.1, 0.15) is 32.4 Å². The zero-order valence-corrected chi connectivity index (χ0v) is 15.2. The summed E-state index contributed by atoms with van der Waals surface area (Å²) in [6.45, 7) is 4.76. The Bertz CT molecular complexity index is 818. The molecule has 2 rings (SSSR count). The van der Waals surface area contributed by atoms with Crippen LogP contribution >= 0.6 is 0 Å². The van der Waals surface area contributed by atoms with Crippen LogP contribution in [0.4, 0.5) is 15.3 Å². The van der Waals surface area contributed by atoms with E-state index in [9.17, 15) is 24.5 Å². The van der Waals surface area contributed by atoms with E-state index in [2.05, 4.69) is 9.73 Å². The molecule has 0 N–H and O–H groups in total. The number of nitrogens with zero attached hydrogens (tertiary/aromatic N) is 3. The second-order valence-electron chi connectivity index (χ2n) is 6.14. The van der Waals surface area contributed by atoms with Gasteiger partial charge in [0.2, 0.25) is 0 Å². The predicted octanol–water partition coefficient (Wildman–Crippen LogP) is 2.87. The highest BCUT2D eigenvalue weighted by Gasteiger charge is 2.47. The topological polar surface area (TPSA) is 128 Å². The van der Waals surface area contributed by atoms with E-state index in [1.165, 1.54) is 31.2 Å². The first-order valence-corrected chi connectivity index (χ1v) is 8.08. The van der Waals surface area contributed by atoms with E-state index in [-0.39, 0.29) is 17.0 Å². The summed E-state index contributed by atoms with van der Waals surface area (Å²) in [4.78, 5) is 52.1. The molecule has 10 nitrogen and oxygen atoms in total. The number of imide groups is 1. The number of carbonyl (C=O) groups excluding carboxylic acids is 3. The lowest BCUT2D eigenvalue weighted by molar-refractivity contribution is -0.385. The highest BCUT2D eigenvalue weighted by Crippen LogP contribution is 2.36. The number of non-ortho nitro benzene ring substituents is 1. The van der Waals surface area contributed by atoms with E-state index in [1.807, 2.05) is 0 Å². The number of aliphatic imine (C=N–C) groups is 1. The molecule has 144 valence electrons. The van der Waals surface area contributed by atoms with Crippen LogP contribution in [-0.4, -0.2) is 46.8 Å². The number of methoxy groups -OCH3 is 1. The number of ether oxygens (including phenoxy) is 2. The van der Waals surface area contributed by atoms with Crippen molar-refractivity contribution in [3.63, 3.8) is 0 Å². The highest BCUT2D eigenvalue weighted by molar-refractivity contribution is 6.11. The molecule has 0 radical (unpaired) electrons. The fraction of sp³-hybridized carbons (Fsp3) is 0.412. The summed E-state index contributed by atoms with van der Waals surface area (Å²) < 4.78 is 9.89. The first-order chi connectivity index (χ1) is 12.7. The van der Waals surface area contributed by atoms with Crippen molar-refractivity contribution in [3.05, 3.63) is 39.9 Å². The average molecular weight is 377 g/mol. The minimum atomic E-state index is -1.19. The molecule has 2 atom stereocenters. The van der Waals surface area contributed by atoms with Crippen LogP contribution in [0.3, 0.4) is 0 Å². The van der Waals surface area contributed by atoms with Gasteiger partial charge in [-0.2, -0.15) is 0 Å². The Morgan fingerprint density at radius 3 is 2.56 bits per heavy atom. The quantitative estimate of drug-likeness (QED) is 0.448. The fourth-order valence-corrected chi connectivity index (χ4v) is 2.83. The van der Waals surface area contributed by atoms with E-state index < -0.39 is 41.1 Å². The summed E-state index contributed by atoms with van der Waals surface area (Å²) in [5.41, 5.74) is 0.103. The largest absolute Gasteiger partial charge is 0.462 e. The minimum absolute atomic E-state index is 0.141. The van der Waals surface area contributed by atoms with Crippen molar-refractivity contribution >= 4 is 29.5 Å². The third kappa shape index (κ3) is 4.10. The fourth-order valence-electron chi connectivity index (χ4n) is 2.83. The molecule has 27 heavy (non-hydrogen) atoms. The van der Waals surface area contributed by atoms with Gasteiger partial charge in [-0.3, -0.25) is 14.9 Å². The van der Waals surface area contributed by atoms with Crippen LogP contribution in [0, 0.1) is 16.0 Å². The molecule has 0 saturated heterocycles. The van der Waals surface area contributed by atoms with Gasteiger partial charge in [0, 0.05) is 17.8 Å². The lowest BCUT2D eigenvalue weighted by Gasteiger charge is -2.36. The molecular weight excluding hydrogens is 358 g/mol.